The number of halogens is 1. The summed E-state index contributed by atoms with van der Waals surface area (Å²) in [7, 11) is 18.9. The van der Waals surface area contributed by atoms with Crippen molar-refractivity contribution in [2.45, 2.75) is 0 Å². The molecule has 4 heterocycles. The van der Waals surface area contributed by atoms with Crippen molar-refractivity contribution < 1.29 is 18.9 Å². The topological polar surface area (TPSA) is 141 Å². The van der Waals surface area contributed by atoms with Gasteiger partial charge >= 0.3 is 0 Å². The number of methoxy groups -OCH3 is 4. The van der Waals surface area contributed by atoms with Crippen molar-refractivity contribution in [3.05, 3.63) is 29.5 Å². The molecule has 55 heavy (non-hydrogen) atoms. The van der Waals surface area contributed by atoms with E-state index in [1.54, 1.807) is 34.5 Å². The third-order valence-corrected chi connectivity index (χ3v) is 9.36. The van der Waals surface area contributed by atoms with Crippen LogP contribution in [0.3, 0.4) is 0 Å². The van der Waals surface area contributed by atoms with Gasteiger partial charge in [-0.3, -0.25) is 0 Å². The number of hydrogen-bond donors (Lipinski definition) is 3. The minimum Gasteiger partial charge on any atom is -0.493 e. The first-order chi connectivity index (χ1) is 26.5. The smallest absolute Gasteiger partial charge is 0.227 e. The zero-order valence-electron chi connectivity index (χ0n) is 34.3. The molecule has 2 aliphatic heterocycles. The van der Waals surface area contributed by atoms with Crippen LogP contribution < -0.4 is 39.8 Å². The number of likely N-dealkylation sites (N-methyl/N-ethyl adjacent to an activating group) is 4. The van der Waals surface area contributed by atoms with Gasteiger partial charge in [0, 0.05) is 101 Å². The zero-order valence-corrected chi connectivity index (χ0v) is 35.1. The van der Waals surface area contributed by atoms with Gasteiger partial charge in [-0.2, -0.15) is 4.98 Å². The lowest BCUT2D eigenvalue weighted by Crippen LogP contribution is -2.45. The molecule has 0 spiro atoms. The highest BCUT2D eigenvalue weighted by molar-refractivity contribution is 6.28. The predicted molar refractivity (Wildman–Crippen MR) is 224 cm³/mol. The van der Waals surface area contributed by atoms with E-state index in [1.165, 1.54) is 13.1 Å². The van der Waals surface area contributed by atoms with E-state index in [9.17, 15) is 0 Å². The van der Waals surface area contributed by atoms with E-state index >= 15 is 0 Å². The molecule has 3 N–H and O–H groups in total. The van der Waals surface area contributed by atoms with Crippen molar-refractivity contribution in [2.75, 3.05) is 165 Å². The minimum atomic E-state index is 0.196. The number of aromatic nitrogens is 4. The third-order valence-electron chi connectivity index (χ3n) is 9.19. The Kier molecular flexibility index (Phi) is 17.2. The molecule has 2 fully saturated rings. The molecule has 0 bridgehead atoms. The molecule has 0 aliphatic carbocycles. The molecule has 0 unspecified atom stereocenters. The number of nitrogens with one attached hydrogen (secondary N) is 3. The molecule has 2 aromatic carbocycles. The van der Waals surface area contributed by atoms with Crippen molar-refractivity contribution in [3.63, 3.8) is 0 Å². The molecule has 2 saturated heterocycles. The number of hydrogen-bond acceptors (Lipinski definition) is 16. The molecular formula is C38H61ClN12O4. The second kappa shape index (κ2) is 21.8. The summed E-state index contributed by atoms with van der Waals surface area (Å²) >= 11 is 5.99. The highest BCUT2D eigenvalue weighted by Crippen LogP contribution is 2.36. The fraction of sp³-hybridized carbons (Fsp3) is 0.579. The molecular weight excluding hydrogens is 724 g/mol. The highest BCUT2D eigenvalue weighted by atomic mass is 35.5. The number of fused-ring (bicyclic) bond motifs is 2. The van der Waals surface area contributed by atoms with Gasteiger partial charge in [0.2, 0.25) is 11.2 Å². The van der Waals surface area contributed by atoms with E-state index in [-0.39, 0.29) is 5.28 Å². The Hall–Kier alpha value is -4.19. The summed E-state index contributed by atoms with van der Waals surface area (Å²) in [6, 6.07) is 7.51. The van der Waals surface area contributed by atoms with Gasteiger partial charge in [0.15, 0.2) is 23.0 Å². The van der Waals surface area contributed by atoms with E-state index in [0.717, 1.165) is 93.5 Å². The maximum Gasteiger partial charge on any atom is 0.227 e. The van der Waals surface area contributed by atoms with Crippen molar-refractivity contribution in [2.24, 2.45) is 0 Å². The van der Waals surface area contributed by atoms with Crippen LogP contribution in [0.5, 0.6) is 23.0 Å². The fourth-order valence-corrected chi connectivity index (χ4v) is 6.04. The van der Waals surface area contributed by atoms with E-state index in [1.807, 2.05) is 32.3 Å². The van der Waals surface area contributed by atoms with Crippen molar-refractivity contribution in [1.82, 2.24) is 44.9 Å². The van der Waals surface area contributed by atoms with Gasteiger partial charge < -0.3 is 59.4 Å². The van der Waals surface area contributed by atoms with Gasteiger partial charge in [-0.15, -0.1) is 0 Å². The van der Waals surface area contributed by atoms with Gasteiger partial charge in [0.05, 0.1) is 39.5 Å². The molecule has 0 saturated carbocycles. The second-order valence-electron chi connectivity index (χ2n) is 14.0. The highest BCUT2D eigenvalue weighted by Gasteiger charge is 2.20. The lowest BCUT2D eigenvalue weighted by Gasteiger charge is -2.32. The molecule has 6 rings (SSSR count). The lowest BCUT2D eigenvalue weighted by atomic mass is 10.2. The predicted octanol–water partition coefficient (Wildman–Crippen LogP) is 3.17. The van der Waals surface area contributed by atoms with Gasteiger partial charge in [-0.05, 0) is 66.0 Å². The molecule has 4 aromatic rings. The SMILES string of the molecule is CN1CCNCC1.COc1cc2nc(Cl)nc(NCCN(C)C)c2cc1OC.COc1cc2nc(N3CCN(C)CC3)nc(NCCN(C)C)c2cc1OC. The first-order valence-electron chi connectivity index (χ1n) is 18.6. The number of ether oxygens (including phenoxy) is 4. The van der Waals surface area contributed by atoms with Gasteiger partial charge in [-0.1, -0.05) is 0 Å². The molecule has 17 heteroatoms. The summed E-state index contributed by atoms with van der Waals surface area (Å²) in [6.45, 7) is 12.0. The Balaban J connectivity index is 0.000000212. The summed E-state index contributed by atoms with van der Waals surface area (Å²) < 4.78 is 21.5. The average molecular weight is 785 g/mol. The van der Waals surface area contributed by atoms with Crippen LogP contribution in [0.25, 0.3) is 21.8 Å². The van der Waals surface area contributed by atoms with Crippen LogP contribution in [0.15, 0.2) is 24.3 Å². The van der Waals surface area contributed by atoms with Crippen LogP contribution in [0, 0.1) is 0 Å². The summed E-state index contributed by atoms with van der Waals surface area (Å²) in [4.78, 5) is 29.3. The number of anilines is 3. The van der Waals surface area contributed by atoms with Crippen molar-refractivity contribution >= 4 is 51.0 Å². The monoisotopic (exact) mass is 784 g/mol. The number of benzene rings is 2. The number of rotatable bonds is 13. The van der Waals surface area contributed by atoms with Crippen molar-refractivity contribution in [1.29, 1.82) is 0 Å². The van der Waals surface area contributed by atoms with E-state index < -0.39 is 0 Å². The van der Waals surface area contributed by atoms with Crippen molar-refractivity contribution in [3.8, 4) is 23.0 Å². The average Bonchev–Trinajstić information content (AvgIpc) is 3.17. The van der Waals surface area contributed by atoms with Crippen LogP contribution >= 0.6 is 11.6 Å². The number of piperazine rings is 2. The molecule has 2 aliphatic rings. The largest absolute Gasteiger partial charge is 0.493 e. The Morgan fingerprint density at radius 1 is 0.618 bits per heavy atom. The quantitative estimate of drug-likeness (QED) is 0.171. The maximum atomic E-state index is 5.99. The standard InChI is InChI=1S/C19H30N6O2.C14H19ClN4O2.C5H12N2/c1-23(2)7-6-20-18-14-12-16(26-4)17(27-5)13-15(14)21-19(22-18)25-10-8-24(3)9-11-25;1-19(2)6-5-16-13-9-7-11(20-3)12(21-4)8-10(9)17-14(15)18-13;1-7-4-2-6-3-5-7/h12-13H,6-11H2,1-5H3,(H,20,21,22);7-8H,5-6H2,1-4H3,(H,16,17,18);6H,2-5H2,1H3. The molecule has 304 valence electrons. The Morgan fingerprint density at radius 3 is 1.49 bits per heavy atom. The molecule has 0 radical (unpaired) electrons. The summed E-state index contributed by atoms with van der Waals surface area (Å²) in [5.74, 6) is 4.87. The fourth-order valence-electron chi connectivity index (χ4n) is 5.86. The number of nitrogens with zero attached hydrogens (tertiary/aromatic N) is 9. The Labute approximate surface area is 331 Å². The van der Waals surface area contributed by atoms with Crippen LogP contribution in [-0.4, -0.2) is 189 Å². The minimum absolute atomic E-state index is 0.196. The Bertz CT molecular complexity index is 1790. The van der Waals surface area contributed by atoms with E-state index in [0.29, 0.717) is 34.3 Å². The van der Waals surface area contributed by atoms with Crippen LogP contribution in [0.1, 0.15) is 0 Å². The molecule has 0 amide bonds. The summed E-state index contributed by atoms with van der Waals surface area (Å²) in [5.41, 5.74) is 1.56. The molecule has 0 atom stereocenters. The molecule has 16 nitrogen and oxygen atoms in total. The van der Waals surface area contributed by atoms with Gasteiger partial charge in [0.1, 0.15) is 11.6 Å². The van der Waals surface area contributed by atoms with Crippen LogP contribution in [-0.2, 0) is 0 Å². The van der Waals surface area contributed by atoms with E-state index in [2.05, 4.69) is 78.6 Å². The van der Waals surface area contributed by atoms with Crippen LogP contribution in [0.2, 0.25) is 5.28 Å². The maximum absolute atomic E-state index is 5.99. The first kappa shape index (κ1) is 43.5. The first-order valence-corrected chi connectivity index (χ1v) is 19.0. The second-order valence-corrected chi connectivity index (χ2v) is 14.3. The lowest BCUT2D eigenvalue weighted by molar-refractivity contribution is 0.291. The molecule has 2 aromatic heterocycles. The van der Waals surface area contributed by atoms with Gasteiger partial charge in [-0.25, -0.2) is 15.0 Å². The normalized spacial score (nSPS) is 15.0. The zero-order chi connectivity index (χ0) is 39.9. The van der Waals surface area contributed by atoms with Gasteiger partial charge in [0.25, 0.3) is 0 Å². The summed E-state index contributed by atoms with van der Waals surface area (Å²) in [6.07, 6.45) is 0. The van der Waals surface area contributed by atoms with Crippen LogP contribution in [0.4, 0.5) is 17.6 Å². The van der Waals surface area contributed by atoms with E-state index in [4.69, 9.17) is 40.5 Å². The third kappa shape index (κ3) is 12.9. The summed E-state index contributed by atoms with van der Waals surface area (Å²) in [5, 5.41) is 12.0. The Morgan fingerprint density at radius 2 is 1.05 bits per heavy atom.